The molecule has 0 spiro atoms. The van der Waals surface area contributed by atoms with Crippen molar-refractivity contribution in [3.8, 4) is 0 Å². The van der Waals surface area contributed by atoms with Gasteiger partial charge in [-0.25, -0.2) is 4.79 Å². The van der Waals surface area contributed by atoms with E-state index in [0.717, 1.165) is 0 Å². The van der Waals surface area contributed by atoms with Crippen molar-refractivity contribution in [3.05, 3.63) is 22.4 Å². The first-order valence-electron chi connectivity index (χ1n) is 4.99. The number of hydrogen-bond donors (Lipinski definition) is 0. The standard InChI is InChI=1S/C11H17NO2S/c1-8(2)14-11(13)12(4)9(3)10-6-5-7-15-10/h5-9H,1-4H3. The zero-order valence-electron chi connectivity index (χ0n) is 9.56. The Morgan fingerprint density at radius 3 is 2.60 bits per heavy atom. The van der Waals surface area contributed by atoms with Gasteiger partial charge in [0.25, 0.3) is 0 Å². The highest BCUT2D eigenvalue weighted by atomic mass is 32.1. The van der Waals surface area contributed by atoms with Crippen LogP contribution in [0.4, 0.5) is 4.79 Å². The van der Waals surface area contributed by atoms with E-state index in [1.807, 2.05) is 38.3 Å². The van der Waals surface area contributed by atoms with Crippen molar-refractivity contribution in [2.24, 2.45) is 0 Å². The summed E-state index contributed by atoms with van der Waals surface area (Å²) in [6, 6.07) is 4.07. The number of carbonyl (C=O) groups is 1. The maximum absolute atomic E-state index is 11.6. The lowest BCUT2D eigenvalue weighted by Gasteiger charge is -2.24. The molecule has 84 valence electrons. The van der Waals surface area contributed by atoms with Crippen LogP contribution in [0.3, 0.4) is 0 Å². The van der Waals surface area contributed by atoms with Gasteiger partial charge in [-0.2, -0.15) is 0 Å². The van der Waals surface area contributed by atoms with Gasteiger partial charge < -0.3 is 9.64 Å². The molecule has 0 bridgehead atoms. The van der Waals surface area contributed by atoms with Crippen LogP contribution in [-0.4, -0.2) is 24.1 Å². The Labute approximate surface area is 94.7 Å². The Morgan fingerprint density at radius 1 is 1.47 bits per heavy atom. The zero-order chi connectivity index (χ0) is 11.4. The van der Waals surface area contributed by atoms with Crippen LogP contribution in [0.5, 0.6) is 0 Å². The van der Waals surface area contributed by atoms with Gasteiger partial charge in [0.15, 0.2) is 0 Å². The highest BCUT2D eigenvalue weighted by Gasteiger charge is 2.19. The Bertz CT molecular complexity index is 308. The molecule has 1 atom stereocenters. The molecule has 0 aliphatic carbocycles. The summed E-state index contributed by atoms with van der Waals surface area (Å²) in [6.07, 6.45) is -0.346. The summed E-state index contributed by atoms with van der Waals surface area (Å²) in [5.74, 6) is 0. The SMILES string of the molecule is CC(C)OC(=O)N(C)C(C)c1cccs1. The van der Waals surface area contributed by atoms with Crippen LogP contribution >= 0.6 is 11.3 Å². The fraction of sp³-hybridized carbons (Fsp3) is 0.545. The molecule has 15 heavy (non-hydrogen) atoms. The van der Waals surface area contributed by atoms with E-state index in [0.29, 0.717) is 0 Å². The van der Waals surface area contributed by atoms with E-state index < -0.39 is 0 Å². The van der Waals surface area contributed by atoms with Gasteiger partial charge in [-0.1, -0.05) is 6.07 Å². The van der Waals surface area contributed by atoms with Crippen LogP contribution in [0.2, 0.25) is 0 Å². The molecule has 0 N–H and O–H groups in total. The van der Waals surface area contributed by atoms with Gasteiger partial charge in [0.2, 0.25) is 0 Å². The van der Waals surface area contributed by atoms with E-state index in [1.165, 1.54) is 4.88 Å². The first-order chi connectivity index (χ1) is 7.02. The predicted molar refractivity (Wildman–Crippen MR) is 62.1 cm³/mol. The lowest BCUT2D eigenvalue weighted by atomic mass is 10.2. The molecule has 0 fully saturated rings. The molecule has 0 aliphatic heterocycles. The van der Waals surface area contributed by atoms with Gasteiger partial charge in [0.1, 0.15) is 0 Å². The molecule has 0 saturated heterocycles. The summed E-state index contributed by atoms with van der Waals surface area (Å²) in [6.45, 7) is 5.69. The number of ether oxygens (including phenoxy) is 1. The maximum atomic E-state index is 11.6. The van der Waals surface area contributed by atoms with E-state index in [-0.39, 0.29) is 18.2 Å². The van der Waals surface area contributed by atoms with Crippen molar-refractivity contribution in [2.75, 3.05) is 7.05 Å². The van der Waals surface area contributed by atoms with Gasteiger partial charge in [0.05, 0.1) is 12.1 Å². The molecule has 1 rings (SSSR count). The second kappa shape index (κ2) is 5.16. The van der Waals surface area contributed by atoms with Gasteiger partial charge in [-0.05, 0) is 32.2 Å². The Kier molecular flexibility index (Phi) is 4.15. The molecule has 0 aliphatic rings. The number of hydrogen-bond acceptors (Lipinski definition) is 3. The molecular weight excluding hydrogens is 210 g/mol. The first kappa shape index (κ1) is 12.0. The molecule has 1 amide bonds. The molecule has 1 unspecified atom stereocenters. The zero-order valence-corrected chi connectivity index (χ0v) is 10.4. The quantitative estimate of drug-likeness (QED) is 0.793. The summed E-state index contributed by atoms with van der Waals surface area (Å²) >= 11 is 1.65. The molecule has 0 saturated carbocycles. The molecule has 0 radical (unpaired) electrons. The van der Waals surface area contributed by atoms with Crippen molar-refractivity contribution in [1.82, 2.24) is 4.90 Å². The van der Waals surface area contributed by atoms with Crippen LogP contribution in [-0.2, 0) is 4.74 Å². The van der Waals surface area contributed by atoms with Gasteiger partial charge in [-0.15, -0.1) is 11.3 Å². The topological polar surface area (TPSA) is 29.5 Å². The predicted octanol–water partition coefficient (Wildman–Crippen LogP) is 3.29. The first-order valence-corrected chi connectivity index (χ1v) is 5.87. The number of nitrogens with zero attached hydrogens (tertiary/aromatic N) is 1. The van der Waals surface area contributed by atoms with Crippen LogP contribution in [0.1, 0.15) is 31.7 Å². The number of amides is 1. The molecule has 3 nitrogen and oxygen atoms in total. The summed E-state index contributed by atoms with van der Waals surface area (Å²) in [7, 11) is 1.76. The van der Waals surface area contributed by atoms with E-state index in [4.69, 9.17) is 4.74 Å². The van der Waals surface area contributed by atoms with E-state index >= 15 is 0 Å². The molecular formula is C11H17NO2S. The van der Waals surface area contributed by atoms with Crippen molar-refractivity contribution in [1.29, 1.82) is 0 Å². The van der Waals surface area contributed by atoms with Crippen LogP contribution in [0.15, 0.2) is 17.5 Å². The van der Waals surface area contributed by atoms with Crippen molar-refractivity contribution >= 4 is 17.4 Å². The third kappa shape index (κ3) is 3.23. The molecule has 1 aromatic rings. The minimum atomic E-state index is -0.272. The van der Waals surface area contributed by atoms with Crippen molar-refractivity contribution in [3.63, 3.8) is 0 Å². The minimum Gasteiger partial charge on any atom is -0.447 e. The maximum Gasteiger partial charge on any atom is 0.410 e. The van der Waals surface area contributed by atoms with E-state index in [1.54, 1.807) is 23.3 Å². The molecule has 0 aromatic carbocycles. The molecule has 1 aromatic heterocycles. The number of thiophene rings is 1. The lowest BCUT2D eigenvalue weighted by molar-refractivity contribution is 0.0748. The fourth-order valence-electron chi connectivity index (χ4n) is 1.16. The normalized spacial score (nSPS) is 12.6. The summed E-state index contributed by atoms with van der Waals surface area (Å²) in [5.41, 5.74) is 0. The monoisotopic (exact) mass is 227 g/mol. The van der Waals surface area contributed by atoms with E-state index in [2.05, 4.69) is 0 Å². The fourth-order valence-corrected chi connectivity index (χ4v) is 1.99. The number of rotatable bonds is 3. The van der Waals surface area contributed by atoms with Crippen LogP contribution in [0, 0.1) is 0 Å². The van der Waals surface area contributed by atoms with Gasteiger partial charge >= 0.3 is 6.09 Å². The third-order valence-corrected chi connectivity index (χ3v) is 3.20. The Balaban J connectivity index is 2.60. The average Bonchev–Trinajstić information content (AvgIpc) is 2.67. The molecule has 1 heterocycles. The van der Waals surface area contributed by atoms with E-state index in [9.17, 15) is 4.79 Å². The van der Waals surface area contributed by atoms with Gasteiger partial charge in [0, 0.05) is 11.9 Å². The Hall–Kier alpha value is -1.03. The molecule has 4 heteroatoms. The largest absolute Gasteiger partial charge is 0.447 e. The van der Waals surface area contributed by atoms with Crippen molar-refractivity contribution < 1.29 is 9.53 Å². The second-order valence-electron chi connectivity index (χ2n) is 3.73. The number of carbonyl (C=O) groups excluding carboxylic acids is 1. The Morgan fingerprint density at radius 2 is 2.13 bits per heavy atom. The van der Waals surface area contributed by atoms with Gasteiger partial charge in [-0.3, -0.25) is 0 Å². The van der Waals surface area contributed by atoms with Crippen molar-refractivity contribution in [2.45, 2.75) is 32.9 Å². The average molecular weight is 227 g/mol. The third-order valence-electron chi connectivity index (χ3n) is 2.16. The second-order valence-corrected chi connectivity index (χ2v) is 4.71. The van der Waals surface area contributed by atoms with Crippen LogP contribution < -0.4 is 0 Å². The lowest BCUT2D eigenvalue weighted by Crippen LogP contribution is -2.31. The highest BCUT2D eigenvalue weighted by molar-refractivity contribution is 7.10. The highest BCUT2D eigenvalue weighted by Crippen LogP contribution is 2.23. The minimum absolute atomic E-state index is 0.0660. The summed E-state index contributed by atoms with van der Waals surface area (Å²) < 4.78 is 5.12. The smallest absolute Gasteiger partial charge is 0.410 e. The summed E-state index contributed by atoms with van der Waals surface area (Å²) in [4.78, 5) is 14.4. The van der Waals surface area contributed by atoms with Crippen LogP contribution in [0.25, 0.3) is 0 Å². The summed E-state index contributed by atoms with van der Waals surface area (Å²) in [5, 5.41) is 2.01.